The Morgan fingerprint density at radius 2 is 1.04 bits per heavy atom. The molecule has 0 spiro atoms. The first kappa shape index (κ1) is 17.0. The molecule has 5 rings (SSSR count). The van der Waals surface area contributed by atoms with Crippen molar-refractivity contribution in [1.29, 1.82) is 0 Å². The van der Waals surface area contributed by atoms with Gasteiger partial charge in [0.05, 0.1) is 0 Å². The Morgan fingerprint density at radius 1 is 0.640 bits per heavy atom. The Hall–Kier alpha value is -0.100. The van der Waals surface area contributed by atoms with Gasteiger partial charge < -0.3 is 0 Å². The molecule has 0 radical (unpaired) electrons. The molecule has 2 saturated carbocycles. The molecule has 0 aromatic heterocycles. The maximum atomic E-state index is 2.54. The number of hydrogen-bond acceptors (Lipinski definition) is 0. The van der Waals surface area contributed by atoms with Crippen molar-refractivity contribution in [3.63, 3.8) is 0 Å². The minimum absolute atomic E-state index is 0.292. The van der Waals surface area contributed by atoms with Crippen molar-refractivity contribution in [1.82, 2.24) is 0 Å². The summed E-state index contributed by atoms with van der Waals surface area (Å²) in [6.07, 6.45) is 11.4. The van der Waals surface area contributed by atoms with Crippen LogP contribution in [0.4, 0.5) is 0 Å². The van der Waals surface area contributed by atoms with E-state index in [9.17, 15) is 0 Å². The number of rotatable bonds is 2. The first-order chi connectivity index (χ1) is 12.2. The topological polar surface area (TPSA) is 0 Å². The van der Waals surface area contributed by atoms with Crippen LogP contribution in [0.15, 0.2) is 36.4 Å². The average Bonchev–Trinajstić information content (AvgIpc) is 3.34. The van der Waals surface area contributed by atoms with Gasteiger partial charge in [-0.05, 0) is 129 Å². The third-order valence-electron chi connectivity index (χ3n) is 7.14. The fourth-order valence-electron chi connectivity index (χ4n) is 6.31. The molecule has 0 saturated heterocycles. The molecule has 0 unspecified atom stereocenters. The van der Waals surface area contributed by atoms with E-state index in [1.165, 1.54) is 69.6 Å². The second-order valence-corrected chi connectivity index (χ2v) is 10.7. The highest BCUT2D eigenvalue weighted by molar-refractivity contribution is 14.1. The number of halogens is 2. The first-order valence-corrected chi connectivity index (χ1v) is 12.0. The summed E-state index contributed by atoms with van der Waals surface area (Å²) >= 11 is 5.04. The predicted octanol–water partition coefficient (Wildman–Crippen LogP) is 7.54. The van der Waals surface area contributed by atoms with Crippen LogP contribution in [0.1, 0.15) is 62.5 Å². The average molecular weight is 554 g/mol. The van der Waals surface area contributed by atoms with Gasteiger partial charge in [-0.15, -0.1) is 0 Å². The van der Waals surface area contributed by atoms with Crippen molar-refractivity contribution < 1.29 is 0 Å². The summed E-state index contributed by atoms with van der Waals surface area (Å²) < 4.78 is 2.80. The zero-order valence-electron chi connectivity index (χ0n) is 14.5. The molecule has 0 heterocycles. The van der Waals surface area contributed by atoms with Crippen molar-refractivity contribution in [3.05, 3.63) is 54.7 Å². The lowest BCUT2D eigenvalue weighted by Gasteiger charge is -2.43. The van der Waals surface area contributed by atoms with Crippen molar-refractivity contribution in [2.75, 3.05) is 0 Å². The molecule has 25 heavy (non-hydrogen) atoms. The standard InChI is InChI=1S/C23H24I2/c24-17-9-11-19-20-12-10-18(25)14-22(20)23(21(19)13-17,15-5-1-2-6-15)16-7-3-4-8-16/h9-16H,1-8H2. The van der Waals surface area contributed by atoms with Crippen LogP contribution in [0.2, 0.25) is 0 Å². The number of fused-ring (bicyclic) bond motifs is 3. The molecule has 0 amide bonds. The minimum atomic E-state index is 0.292. The second-order valence-electron chi connectivity index (χ2n) is 8.21. The van der Waals surface area contributed by atoms with E-state index in [1.54, 1.807) is 11.1 Å². The van der Waals surface area contributed by atoms with E-state index in [0.29, 0.717) is 5.41 Å². The molecule has 0 N–H and O–H groups in total. The Labute approximate surface area is 178 Å². The second kappa shape index (κ2) is 6.50. The molecule has 0 nitrogen and oxygen atoms in total. The summed E-state index contributed by atoms with van der Waals surface area (Å²) in [5, 5.41) is 0. The molecule has 0 aliphatic heterocycles. The van der Waals surface area contributed by atoms with Crippen LogP contribution < -0.4 is 0 Å². The third-order valence-corrected chi connectivity index (χ3v) is 8.48. The predicted molar refractivity (Wildman–Crippen MR) is 122 cm³/mol. The lowest BCUT2D eigenvalue weighted by Crippen LogP contribution is -2.40. The highest BCUT2D eigenvalue weighted by Crippen LogP contribution is 2.62. The van der Waals surface area contributed by atoms with Gasteiger partial charge in [0.2, 0.25) is 0 Å². The normalized spacial score (nSPS) is 22.3. The van der Waals surface area contributed by atoms with Gasteiger partial charge in [-0.25, -0.2) is 0 Å². The van der Waals surface area contributed by atoms with Crippen molar-refractivity contribution in [3.8, 4) is 11.1 Å². The quantitative estimate of drug-likeness (QED) is 0.337. The van der Waals surface area contributed by atoms with Gasteiger partial charge in [0, 0.05) is 12.6 Å². The van der Waals surface area contributed by atoms with Crippen molar-refractivity contribution >= 4 is 45.2 Å². The van der Waals surface area contributed by atoms with E-state index in [-0.39, 0.29) is 0 Å². The number of benzene rings is 2. The molecule has 2 aromatic carbocycles. The smallest absolute Gasteiger partial charge is 0.0272 e. The van der Waals surface area contributed by atoms with Crippen molar-refractivity contribution in [2.45, 2.75) is 56.8 Å². The van der Waals surface area contributed by atoms with E-state index in [1.807, 2.05) is 0 Å². The lowest BCUT2D eigenvalue weighted by atomic mass is 9.59. The van der Waals surface area contributed by atoms with Crippen LogP contribution in [0.25, 0.3) is 11.1 Å². The summed E-state index contributed by atoms with van der Waals surface area (Å²) in [4.78, 5) is 0. The van der Waals surface area contributed by atoms with Gasteiger partial charge >= 0.3 is 0 Å². The van der Waals surface area contributed by atoms with E-state index >= 15 is 0 Å². The van der Waals surface area contributed by atoms with Gasteiger partial charge in [0.15, 0.2) is 0 Å². The van der Waals surface area contributed by atoms with E-state index < -0.39 is 0 Å². The summed E-state index contributed by atoms with van der Waals surface area (Å²) in [7, 11) is 0. The van der Waals surface area contributed by atoms with E-state index in [4.69, 9.17) is 0 Å². The van der Waals surface area contributed by atoms with Crippen molar-refractivity contribution in [2.24, 2.45) is 11.8 Å². The maximum Gasteiger partial charge on any atom is 0.0272 e. The van der Waals surface area contributed by atoms with E-state index in [2.05, 4.69) is 81.6 Å². The Morgan fingerprint density at radius 3 is 1.44 bits per heavy atom. The molecule has 3 aliphatic rings. The monoisotopic (exact) mass is 554 g/mol. The molecule has 0 atom stereocenters. The SMILES string of the molecule is Ic1ccc2c(c1)C(C1CCCC1)(C1CCCC1)c1cc(I)ccc1-2. The highest BCUT2D eigenvalue weighted by Gasteiger charge is 2.54. The molecule has 130 valence electrons. The minimum Gasteiger partial charge on any atom is -0.0530 e. The molecule has 3 aliphatic carbocycles. The van der Waals surface area contributed by atoms with Gasteiger partial charge in [-0.2, -0.15) is 0 Å². The summed E-state index contributed by atoms with van der Waals surface area (Å²) in [5.74, 6) is 1.68. The van der Waals surface area contributed by atoms with E-state index in [0.717, 1.165) is 11.8 Å². The molecule has 2 heteroatoms. The third kappa shape index (κ3) is 2.49. The molecular formula is C23H24I2. The van der Waals surface area contributed by atoms with Crippen LogP contribution in [0, 0.1) is 19.0 Å². The Balaban J connectivity index is 1.84. The van der Waals surface area contributed by atoms with Gasteiger partial charge in [0.25, 0.3) is 0 Å². The highest BCUT2D eigenvalue weighted by atomic mass is 127. The fourth-order valence-corrected chi connectivity index (χ4v) is 7.29. The maximum absolute atomic E-state index is 2.54. The first-order valence-electron chi connectivity index (χ1n) is 9.81. The van der Waals surface area contributed by atoms with Crippen LogP contribution in [-0.4, -0.2) is 0 Å². The van der Waals surface area contributed by atoms with Gasteiger partial charge in [-0.3, -0.25) is 0 Å². The molecule has 2 fully saturated rings. The van der Waals surface area contributed by atoms with Crippen LogP contribution in [0.5, 0.6) is 0 Å². The molecule has 0 bridgehead atoms. The summed E-state index contributed by atoms with van der Waals surface area (Å²) in [6.45, 7) is 0. The largest absolute Gasteiger partial charge is 0.0530 e. The summed E-state index contributed by atoms with van der Waals surface area (Å²) in [5.41, 5.74) is 6.71. The molecular weight excluding hydrogens is 530 g/mol. The Kier molecular flexibility index (Phi) is 4.43. The molecule has 2 aromatic rings. The summed E-state index contributed by atoms with van der Waals surface area (Å²) in [6, 6.07) is 14.5. The fraction of sp³-hybridized carbons (Fsp3) is 0.478. The van der Waals surface area contributed by atoms with Gasteiger partial charge in [-0.1, -0.05) is 37.8 Å². The Bertz CT molecular complexity index is 741. The lowest BCUT2D eigenvalue weighted by molar-refractivity contribution is 0.222. The van der Waals surface area contributed by atoms with Gasteiger partial charge in [0.1, 0.15) is 0 Å². The van der Waals surface area contributed by atoms with Crippen LogP contribution in [0.3, 0.4) is 0 Å². The van der Waals surface area contributed by atoms with Crippen LogP contribution >= 0.6 is 45.2 Å². The van der Waals surface area contributed by atoms with Crippen LogP contribution in [-0.2, 0) is 5.41 Å². The zero-order valence-corrected chi connectivity index (χ0v) is 18.8. The number of hydrogen-bond donors (Lipinski definition) is 0. The zero-order chi connectivity index (χ0) is 17.0.